The lowest BCUT2D eigenvalue weighted by atomic mass is 10.2. The van der Waals surface area contributed by atoms with Crippen molar-refractivity contribution in [2.45, 2.75) is 13.3 Å². The largest absolute Gasteiger partial charge is 0.237 e. The summed E-state index contributed by atoms with van der Waals surface area (Å²) in [6.45, 7) is 2.07. The summed E-state index contributed by atoms with van der Waals surface area (Å²) in [7, 11) is 0. The van der Waals surface area contributed by atoms with Crippen LogP contribution in [0.3, 0.4) is 0 Å². The van der Waals surface area contributed by atoms with E-state index in [2.05, 4.69) is 16.9 Å². The predicted molar refractivity (Wildman–Crippen MR) is 61.9 cm³/mol. The first kappa shape index (κ1) is 10.1. The molecule has 0 fully saturated rings. The fourth-order valence-corrected chi connectivity index (χ4v) is 1.59. The topological polar surface area (TPSA) is 25.8 Å². The van der Waals surface area contributed by atoms with Crippen LogP contribution in [0.15, 0.2) is 36.5 Å². The first-order valence-corrected chi connectivity index (χ1v) is 5.26. The van der Waals surface area contributed by atoms with Gasteiger partial charge in [0.05, 0.1) is 5.02 Å². The molecule has 0 radical (unpaired) electrons. The van der Waals surface area contributed by atoms with Gasteiger partial charge in [0.15, 0.2) is 5.82 Å². The van der Waals surface area contributed by atoms with Crippen LogP contribution in [0.5, 0.6) is 0 Å². The Hall–Kier alpha value is -1.41. The van der Waals surface area contributed by atoms with Crippen LogP contribution < -0.4 is 0 Å². The van der Waals surface area contributed by atoms with Crippen LogP contribution in [0.4, 0.5) is 0 Å². The molecule has 15 heavy (non-hydrogen) atoms. The van der Waals surface area contributed by atoms with Crippen LogP contribution >= 0.6 is 11.6 Å². The SMILES string of the molecule is CCc1ccnc(-c2ccccc2Cl)n1. The smallest absolute Gasteiger partial charge is 0.160 e. The van der Waals surface area contributed by atoms with E-state index in [1.54, 1.807) is 6.20 Å². The minimum atomic E-state index is 0.686. The van der Waals surface area contributed by atoms with Crippen molar-refractivity contribution in [2.24, 2.45) is 0 Å². The number of aromatic nitrogens is 2. The summed E-state index contributed by atoms with van der Waals surface area (Å²) in [5.74, 6) is 0.694. The van der Waals surface area contributed by atoms with E-state index >= 15 is 0 Å². The van der Waals surface area contributed by atoms with Crippen LogP contribution in [0.1, 0.15) is 12.6 Å². The molecule has 0 bridgehead atoms. The Balaban J connectivity index is 2.49. The highest BCUT2D eigenvalue weighted by molar-refractivity contribution is 6.33. The van der Waals surface area contributed by atoms with Crippen molar-refractivity contribution in [1.82, 2.24) is 9.97 Å². The van der Waals surface area contributed by atoms with Gasteiger partial charge in [-0.25, -0.2) is 9.97 Å². The average Bonchev–Trinajstić information content (AvgIpc) is 2.30. The summed E-state index contributed by atoms with van der Waals surface area (Å²) in [5, 5.41) is 0.686. The van der Waals surface area contributed by atoms with E-state index in [1.165, 1.54) is 0 Å². The van der Waals surface area contributed by atoms with Gasteiger partial charge in [-0.3, -0.25) is 0 Å². The third kappa shape index (κ3) is 2.16. The molecule has 0 saturated heterocycles. The molecule has 2 aromatic rings. The number of rotatable bonds is 2. The number of aryl methyl sites for hydroxylation is 1. The number of benzene rings is 1. The normalized spacial score (nSPS) is 10.3. The standard InChI is InChI=1S/C12H11ClN2/c1-2-9-7-8-14-12(15-9)10-5-3-4-6-11(10)13/h3-8H,2H2,1H3. The third-order valence-corrected chi connectivity index (χ3v) is 2.52. The van der Waals surface area contributed by atoms with Gasteiger partial charge in [0.1, 0.15) is 0 Å². The molecule has 0 spiro atoms. The Morgan fingerprint density at radius 3 is 2.73 bits per heavy atom. The maximum absolute atomic E-state index is 6.07. The third-order valence-electron chi connectivity index (χ3n) is 2.19. The molecule has 0 aliphatic rings. The second-order valence-electron chi connectivity index (χ2n) is 3.20. The van der Waals surface area contributed by atoms with Crippen molar-refractivity contribution in [3.05, 3.63) is 47.2 Å². The fourth-order valence-electron chi connectivity index (χ4n) is 1.37. The number of nitrogens with zero attached hydrogens (tertiary/aromatic N) is 2. The Labute approximate surface area is 94.0 Å². The molecule has 0 aliphatic carbocycles. The van der Waals surface area contributed by atoms with Gasteiger partial charge < -0.3 is 0 Å². The molecule has 0 aliphatic heterocycles. The quantitative estimate of drug-likeness (QED) is 0.773. The lowest BCUT2D eigenvalue weighted by Gasteiger charge is -2.03. The van der Waals surface area contributed by atoms with E-state index < -0.39 is 0 Å². The zero-order valence-electron chi connectivity index (χ0n) is 8.44. The molecule has 0 saturated carbocycles. The highest BCUT2D eigenvalue weighted by atomic mass is 35.5. The second kappa shape index (κ2) is 4.41. The molecule has 3 heteroatoms. The lowest BCUT2D eigenvalue weighted by molar-refractivity contribution is 1.01. The van der Waals surface area contributed by atoms with Crippen molar-refractivity contribution in [3.8, 4) is 11.4 Å². The summed E-state index contributed by atoms with van der Waals surface area (Å²) in [6, 6.07) is 9.52. The zero-order chi connectivity index (χ0) is 10.7. The summed E-state index contributed by atoms with van der Waals surface area (Å²) < 4.78 is 0. The van der Waals surface area contributed by atoms with E-state index in [-0.39, 0.29) is 0 Å². The Kier molecular flexibility index (Phi) is 2.97. The van der Waals surface area contributed by atoms with E-state index in [0.29, 0.717) is 10.8 Å². The number of hydrogen-bond acceptors (Lipinski definition) is 2. The van der Waals surface area contributed by atoms with E-state index in [1.807, 2.05) is 30.3 Å². The number of halogens is 1. The van der Waals surface area contributed by atoms with E-state index in [9.17, 15) is 0 Å². The lowest BCUT2D eigenvalue weighted by Crippen LogP contribution is -1.93. The van der Waals surface area contributed by atoms with Gasteiger partial charge in [-0.2, -0.15) is 0 Å². The van der Waals surface area contributed by atoms with E-state index in [4.69, 9.17) is 11.6 Å². The van der Waals surface area contributed by atoms with Crippen molar-refractivity contribution in [3.63, 3.8) is 0 Å². The van der Waals surface area contributed by atoms with E-state index in [0.717, 1.165) is 17.7 Å². The monoisotopic (exact) mass is 218 g/mol. The molecular weight excluding hydrogens is 208 g/mol. The van der Waals surface area contributed by atoms with Gasteiger partial charge in [0.25, 0.3) is 0 Å². The summed E-state index contributed by atoms with van der Waals surface area (Å²) in [6.07, 6.45) is 2.67. The molecule has 76 valence electrons. The molecular formula is C12H11ClN2. The summed E-state index contributed by atoms with van der Waals surface area (Å²) in [5.41, 5.74) is 1.91. The van der Waals surface area contributed by atoms with Gasteiger partial charge >= 0.3 is 0 Å². The molecule has 1 aromatic carbocycles. The van der Waals surface area contributed by atoms with Crippen LogP contribution in [0, 0.1) is 0 Å². The Morgan fingerprint density at radius 2 is 2.00 bits per heavy atom. The van der Waals surface area contributed by atoms with Crippen LogP contribution in [0.2, 0.25) is 5.02 Å². The van der Waals surface area contributed by atoms with Crippen molar-refractivity contribution in [1.29, 1.82) is 0 Å². The van der Waals surface area contributed by atoms with Crippen molar-refractivity contribution >= 4 is 11.6 Å². The summed E-state index contributed by atoms with van der Waals surface area (Å²) in [4.78, 5) is 8.65. The zero-order valence-corrected chi connectivity index (χ0v) is 9.20. The van der Waals surface area contributed by atoms with Crippen LogP contribution in [-0.4, -0.2) is 9.97 Å². The molecule has 0 N–H and O–H groups in total. The maximum Gasteiger partial charge on any atom is 0.160 e. The van der Waals surface area contributed by atoms with Crippen molar-refractivity contribution in [2.75, 3.05) is 0 Å². The van der Waals surface area contributed by atoms with Crippen LogP contribution in [-0.2, 0) is 6.42 Å². The number of hydrogen-bond donors (Lipinski definition) is 0. The minimum Gasteiger partial charge on any atom is -0.237 e. The molecule has 2 rings (SSSR count). The molecule has 0 amide bonds. The molecule has 1 heterocycles. The second-order valence-corrected chi connectivity index (χ2v) is 3.61. The first-order chi connectivity index (χ1) is 7.31. The minimum absolute atomic E-state index is 0.686. The summed E-state index contributed by atoms with van der Waals surface area (Å²) >= 11 is 6.07. The average molecular weight is 219 g/mol. The molecule has 0 unspecified atom stereocenters. The molecule has 0 atom stereocenters. The van der Waals surface area contributed by atoms with Crippen LogP contribution in [0.25, 0.3) is 11.4 Å². The predicted octanol–water partition coefficient (Wildman–Crippen LogP) is 3.36. The van der Waals surface area contributed by atoms with Gasteiger partial charge in [0.2, 0.25) is 0 Å². The van der Waals surface area contributed by atoms with Gasteiger partial charge in [0, 0.05) is 17.5 Å². The van der Waals surface area contributed by atoms with Gasteiger partial charge in [-0.05, 0) is 24.6 Å². The van der Waals surface area contributed by atoms with Gasteiger partial charge in [-0.15, -0.1) is 0 Å². The maximum atomic E-state index is 6.07. The molecule has 1 aromatic heterocycles. The highest BCUT2D eigenvalue weighted by Crippen LogP contribution is 2.24. The fraction of sp³-hybridized carbons (Fsp3) is 0.167. The molecule has 2 nitrogen and oxygen atoms in total. The van der Waals surface area contributed by atoms with Crippen molar-refractivity contribution < 1.29 is 0 Å². The Bertz CT molecular complexity index is 469. The highest BCUT2D eigenvalue weighted by Gasteiger charge is 2.05. The Morgan fingerprint density at radius 1 is 1.20 bits per heavy atom. The first-order valence-electron chi connectivity index (χ1n) is 4.88. The van der Waals surface area contributed by atoms with Gasteiger partial charge in [-0.1, -0.05) is 30.7 Å².